The van der Waals surface area contributed by atoms with Gasteiger partial charge < -0.3 is 14.5 Å². The van der Waals surface area contributed by atoms with E-state index < -0.39 is 6.10 Å². The van der Waals surface area contributed by atoms with Gasteiger partial charge in [-0.25, -0.2) is 0 Å². The van der Waals surface area contributed by atoms with E-state index in [-0.39, 0.29) is 17.7 Å². The second-order valence-electron chi connectivity index (χ2n) is 5.88. The number of hydrogen-bond donors (Lipinski definition) is 0. The Morgan fingerprint density at radius 2 is 1.95 bits per heavy atom. The van der Waals surface area contributed by atoms with E-state index in [4.69, 9.17) is 4.74 Å². The molecule has 0 bridgehead atoms. The van der Waals surface area contributed by atoms with Crippen molar-refractivity contribution in [1.82, 2.24) is 4.90 Å². The molecule has 1 unspecified atom stereocenters. The van der Waals surface area contributed by atoms with Crippen molar-refractivity contribution in [3.63, 3.8) is 0 Å². The van der Waals surface area contributed by atoms with Crippen LogP contribution in [0, 0.1) is 5.92 Å². The molecule has 1 saturated carbocycles. The quantitative estimate of drug-likeness (QED) is 0.832. The number of carbonyl (C=O) groups is 2. The fraction of sp³-hybridized carbons (Fsp3) is 0.500. The van der Waals surface area contributed by atoms with Crippen LogP contribution in [0.4, 0.5) is 5.69 Å². The lowest BCUT2D eigenvalue weighted by atomic mass is 9.84. The molecular weight excluding hydrogens is 268 g/mol. The van der Waals surface area contributed by atoms with E-state index in [2.05, 4.69) is 0 Å². The van der Waals surface area contributed by atoms with Crippen LogP contribution < -0.4 is 9.64 Å². The van der Waals surface area contributed by atoms with Gasteiger partial charge in [0.05, 0.1) is 12.2 Å². The lowest BCUT2D eigenvalue weighted by Crippen LogP contribution is -2.52. The average Bonchev–Trinajstić information content (AvgIpc) is 2.43. The lowest BCUT2D eigenvalue weighted by Gasteiger charge is -2.38. The third kappa shape index (κ3) is 2.48. The molecule has 3 rings (SSSR count). The van der Waals surface area contributed by atoms with Gasteiger partial charge in [0.2, 0.25) is 5.91 Å². The zero-order valence-electron chi connectivity index (χ0n) is 12.4. The highest BCUT2D eigenvalue weighted by atomic mass is 16.5. The molecule has 1 fully saturated rings. The van der Waals surface area contributed by atoms with Gasteiger partial charge in [0.1, 0.15) is 5.75 Å². The van der Waals surface area contributed by atoms with Crippen molar-refractivity contribution in [2.24, 2.45) is 5.92 Å². The van der Waals surface area contributed by atoms with Crippen molar-refractivity contribution < 1.29 is 14.3 Å². The normalized spacial score (nSPS) is 21.0. The summed E-state index contributed by atoms with van der Waals surface area (Å²) < 4.78 is 5.78. The van der Waals surface area contributed by atoms with Crippen LogP contribution in [-0.4, -0.2) is 43.5 Å². The molecule has 1 aromatic carbocycles. The third-order valence-electron chi connectivity index (χ3n) is 4.21. The van der Waals surface area contributed by atoms with E-state index in [1.807, 2.05) is 24.3 Å². The van der Waals surface area contributed by atoms with Crippen molar-refractivity contribution in [3.8, 4) is 5.75 Å². The number of benzene rings is 1. The van der Waals surface area contributed by atoms with Gasteiger partial charge in [-0.3, -0.25) is 9.59 Å². The number of ether oxygens (including phenoxy) is 1. The van der Waals surface area contributed by atoms with E-state index in [9.17, 15) is 9.59 Å². The van der Waals surface area contributed by atoms with E-state index in [1.54, 1.807) is 19.0 Å². The molecule has 21 heavy (non-hydrogen) atoms. The summed E-state index contributed by atoms with van der Waals surface area (Å²) in [5.74, 6) is 0.715. The molecule has 0 N–H and O–H groups in total. The van der Waals surface area contributed by atoms with Gasteiger partial charge in [-0.2, -0.15) is 0 Å². The molecule has 0 saturated heterocycles. The van der Waals surface area contributed by atoms with Crippen LogP contribution >= 0.6 is 0 Å². The maximum Gasteiger partial charge on any atom is 0.265 e. The van der Waals surface area contributed by atoms with Crippen LogP contribution in [0.15, 0.2) is 24.3 Å². The molecule has 0 aromatic heterocycles. The highest BCUT2D eigenvalue weighted by Gasteiger charge is 2.38. The number of amides is 2. The fourth-order valence-corrected chi connectivity index (χ4v) is 2.74. The number of nitrogens with zero attached hydrogens (tertiary/aromatic N) is 2. The smallest absolute Gasteiger partial charge is 0.265 e. The standard InChI is InChI=1S/C16H20N2O3/c1-17(2)16(20)14-10-18(15(19)11-6-5-7-11)12-8-3-4-9-13(12)21-14/h3-4,8-9,11,14H,5-7,10H2,1-2H3. The number of anilines is 1. The number of rotatable bonds is 2. The summed E-state index contributed by atoms with van der Waals surface area (Å²) in [5.41, 5.74) is 0.775. The van der Waals surface area contributed by atoms with Crippen molar-refractivity contribution in [2.75, 3.05) is 25.5 Å². The minimum Gasteiger partial charge on any atom is -0.476 e. The Hall–Kier alpha value is -2.04. The molecule has 1 aliphatic carbocycles. The molecule has 1 atom stereocenters. The van der Waals surface area contributed by atoms with E-state index in [0.717, 1.165) is 24.9 Å². The summed E-state index contributed by atoms with van der Waals surface area (Å²) in [6.07, 6.45) is 2.39. The molecule has 0 spiro atoms. The van der Waals surface area contributed by atoms with Crippen molar-refractivity contribution in [2.45, 2.75) is 25.4 Å². The molecule has 1 aromatic rings. The number of hydrogen-bond acceptors (Lipinski definition) is 3. The van der Waals surface area contributed by atoms with Crippen LogP contribution in [0.3, 0.4) is 0 Å². The van der Waals surface area contributed by atoms with Crippen molar-refractivity contribution in [1.29, 1.82) is 0 Å². The monoisotopic (exact) mass is 288 g/mol. The van der Waals surface area contributed by atoms with E-state index >= 15 is 0 Å². The predicted molar refractivity (Wildman–Crippen MR) is 79.2 cm³/mol. The van der Waals surface area contributed by atoms with Crippen LogP contribution in [0.5, 0.6) is 5.75 Å². The maximum atomic E-state index is 12.6. The summed E-state index contributed by atoms with van der Waals surface area (Å²) in [7, 11) is 3.40. The van der Waals surface area contributed by atoms with E-state index in [1.165, 1.54) is 4.90 Å². The Morgan fingerprint density at radius 1 is 1.24 bits per heavy atom. The molecule has 112 valence electrons. The summed E-state index contributed by atoms with van der Waals surface area (Å²) in [6, 6.07) is 7.43. The molecule has 0 radical (unpaired) electrons. The van der Waals surface area contributed by atoms with Gasteiger partial charge in [0.15, 0.2) is 6.10 Å². The van der Waals surface area contributed by atoms with Crippen molar-refractivity contribution >= 4 is 17.5 Å². The molecular formula is C16H20N2O3. The lowest BCUT2D eigenvalue weighted by molar-refractivity contribution is -0.136. The minimum atomic E-state index is -0.626. The highest BCUT2D eigenvalue weighted by molar-refractivity contribution is 5.98. The Morgan fingerprint density at radius 3 is 2.57 bits per heavy atom. The van der Waals surface area contributed by atoms with Gasteiger partial charge >= 0.3 is 0 Å². The Labute approximate surface area is 124 Å². The van der Waals surface area contributed by atoms with Crippen LogP contribution in [0.2, 0.25) is 0 Å². The number of para-hydroxylation sites is 2. The molecule has 2 amide bonds. The van der Waals surface area contributed by atoms with Crippen LogP contribution in [0.1, 0.15) is 19.3 Å². The topological polar surface area (TPSA) is 49.9 Å². The number of carbonyl (C=O) groups excluding carboxylic acids is 2. The Bertz CT molecular complexity index is 566. The summed E-state index contributed by atoms with van der Waals surface area (Å²) in [6.45, 7) is 0.295. The van der Waals surface area contributed by atoms with Crippen molar-refractivity contribution in [3.05, 3.63) is 24.3 Å². The summed E-state index contributed by atoms with van der Waals surface area (Å²) >= 11 is 0. The van der Waals surface area contributed by atoms with Crippen LogP contribution in [-0.2, 0) is 9.59 Å². The zero-order valence-corrected chi connectivity index (χ0v) is 12.4. The summed E-state index contributed by atoms with van der Waals surface area (Å²) in [5, 5.41) is 0. The minimum absolute atomic E-state index is 0.103. The van der Waals surface area contributed by atoms with Gasteiger partial charge in [0.25, 0.3) is 5.91 Å². The second kappa shape index (κ2) is 5.39. The Balaban J connectivity index is 1.90. The summed E-state index contributed by atoms with van der Waals surface area (Å²) in [4.78, 5) is 28.1. The third-order valence-corrected chi connectivity index (χ3v) is 4.21. The number of fused-ring (bicyclic) bond motifs is 1. The first-order chi connectivity index (χ1) is 10.1. The first-order valence-corrected chi connectivity index (χ1v) is 7.36. The van der Waals surface area contributed by atoms with Gasteiger partial charge in [-0.15, -0.1) is 0 Å². The molecule has 1 aliphatic heterocycles. The second-order valence-corrected chi connectivity index (χ2v) is 5.88. The fourth-order valence-electron chi connectivity index (χ4n) is 2.74. The van der Waals surface area contributed by atoms with Gasteiger partial charge in [0, 0.05) is 20.0 Å². The highest BCUT2D eigenvalue weighted by Crippen LogP contribution is 2.37. The first-order valence-electron chi connectivity index (χ1n) is 7.36. The van der Waals surface area contributed by atoms with Gasteiger partial charge in [-0.05, 0) is 25.0 Å². The predicted octanol–water partition coefficient (Wildman–Crippen LogP) is 1.67. The largest absolute Gasteiger partial charge is 0.476 e. The zero-order chi connectivity index (χ0) is 15.0. The first kappa shape index (κ1) is 13.9. The SMILES string of the molecule is CN(C)C(=O)C1CN(C(=O)C2CCC2)c2ccccc2O1. The molecule has 1 heterocycles. The Kier molecular flexibility index (Phi) is 3.57. The average molecular weight is 288 g/mol. The molecule has 2 aliphatic rings. The van der Waals surface area contributed by atoms with E-state index in [0.29, 0.717) is 12.3 Å². The molecule has 5 heteroatoms. The van der Waals surface area contributed by atoms with Crippen LogP contribution in [0.25, 0.3) is 0 Å². The maximum absolute atomic E-state index is 12.6. The van der Waals surface area contributed by atoms with Gasteiger partial charge in [-0.1, -0.05) is 18.6 Å². The molecule has 5 nitrogen and oxygen atoms in total. The number of likely N-dealkylation sites (N-methyl/N-ethyl adjacent to an activating group) is 1.